The second kappa shape index (κ2) is 4.94. The third kappa shape index (κ3) is 2.79. The maximum atomic E-state index is 12.0. The molecule has 1 aliphatic rings. The summed E-state index contributed by atoms with van der Waals surface area (Å²) in [6, 6.07) is 6.63. The van der Waals surface area contributed by atoms with Gasteiger partial charge in [-0.3, -0.25) is 9.69 Å². The number of benzene rings is 1. The van der Waals surface area contributed by atoms with Gasteiger partial charge in [0.15, 0.2) is 0 Å². The van der Waals surface area contributed by atoms with Crippen LogP contribution in [0.2, 0.25) is 0 Å². The molecule has 0 aromatic heterocycles. The average molecular weight is 327 g/mol. The minimum Gasteiger partial charge on any atom is -0.387 e. The molecule has 1 atom stereocenters. The number of carbonyl (C=O) groups excluding carboxylic acids is 2. The van der Waals surface area contributed by atoms with Gasteiger partial charge in [-0.25, -0.2) is 4.79 Å². The van der Waals surface area contributed by atoms with E-state index in [0.29, 0.717) is 5.56 Å². The fourth-order valence-electron chi connectivity index (χ4n) is 1.95. The van der Waals surface area contributed by atoms with Gasteiger partial charge in [-0.15, -0.1) is 0 Å². The van der Waals surface area contributed by atoms with Crippen molar-refractivity contribution < 1.29 is 14.7 Å². The lowest BCUT2D eigenvalue weighted by Gasteiger charge is -2.19. The zero-order chi connectivity index (χ0) is 14.2. The number of hydrogen-bond donors (Lipinski definition) is 2. The molecule has 102 valence electrons. The third-order valence-corrected chi connectivity index (χ3v) is 3.58. The molecule has 2 rings (SSSR count). The normalized spacial score (nSPS) is 19.5. The Morgan fingerprint density at radius 1 is 1.32 bits per heavy atom. The molecule has 0 aliphatic carbocycles. The molecule has 1 aromatic rings. The number of hydrogen-bond acceptors (Lipinski definition) is 3. The van der Waals surface area contributed by atoms with Gasteiger partial charge in [-0.1, -0.05) is 28.1 Å². The standard InChI is InChI=1S/C13H15BrN2O3/c1-13(2)11(18)16(12(19)15-13)7-10(17)8-3-5-9(14)6-4-8/h3-6,10,17H,7H2,1-2H3,(H,15,19)/t10-/m0/s1. The predicted molar refractivity (Wildman–Crippen MR) is 73.4 cm³/mol. The Morgan fingerprint density at radius 3 is 2.37 bits per heavy atom. The highest BCUT2D eigenvalue weighted by Gasteiger charge is 2.44. The van der Waals surface area contributed by atoms with E-state index in [1.807, 2.05) is 0 Å². The van der Waals surface area contributed by atoms with Crippen molar-refractivity contribution in [2.24, 2.45) is 0 Å². The molecule has 6 heteroatoms. The molecule has 0 bridgehead atoms. The van der Waals surface area contributed by atoms with Crippen LogP contribution in [0.25, 0.3) is 0 Å². The van der Waals surface area contributed by atoms with E-state index >= 15 is 0 Å². The molecule has 1 aliphatic heterocycles. The van der Waals surface area contributed by atoms with Gasteiger partial charge in [0, 0.05) is 4.47 Å². The minimum atomic E-state index is -0.906. The molecule has 5 nitrogen and oxygen atoms in total. The Bertz CT molecular complexity index is 513. The van der Waals surface area contributed by atoms with Crippen LogP contribution in [0.3, 0.4) is 0 Å². The first-order valence-corrected chi connectivity index (χ1v) is 6.68. The SMILES string of the molecule is CC1(C)NC(=O)N(C[C@H](O)c2ccc(Br)cc2)C1=O. The Balaban J connectivity index is 2.11. The highest BCUT2D eigenvalue weighted by Crippen LogP contribution is 2.22. The topological polar surface area (TPSA) is 69.6 Å². The highest BCUT2D eigenvalue weighted by molar-refractivity contribution is 9.10. The summed E-state index contributed by atoms with van der Waals surface area (Å²) in [6.45, 7) is 3.23. The van der Waals surface area contributed by atoms with E-state index in [1.54, 1.807) is 38.1 Å². The summed E-state index contributed by atoms with van der Waals surface area (Å²) < 4.78 is 0.902. The van der Waals surface area contributed by atoms with Gasteiger partial charge in [0.1, 0.15) is 5.54 Å². The summed E-state index contributed by atoms with van der Waals surface area (Å²) >= 11 is 3.31. The first kappa shape index (κ1) is 14.0. The fraction of sp³-hybridized carbons (Fsp3) is 0.385. The number of halogens is 1. The lowest BCUT2D eigenvalue weighted by atomic mass is 10.1. The van der Waals surface area contributed by atoms with Crippen LogP contribution in [-0.4, -0.2) is 34.0 Å². The summed E-state index contributed by atoms with van der Waals surface area (Å²) in [5.74, 6) is -0.325. The summed E-state index contributed by atoms with van der Waals surface area (Å²) in [5.41, 5.74) is -0.246. The van der Waals surface area contributed by atoms with Crippen LogP contribution < -0.4 is 5.32 Å². The molecule has 0 unspecified atom stereocenters. The number of nitrogens with one attached hydrogen (secondary N) is 1. The van der Waals surface area contributed by atoms with Crippen LogP contribution in [0.5, 0.6) is 0 Å². The Labute approximate surface area is 119 Å². The Kier molecular flexibility index (Phi) is 3.64. The van der Waals surface area contributed by atoms with Crippen molar-refractivity contribution in [3.8, 4) is 0 Å². The van der Waals surface area contributed by atoms with Gasteiger partial charge in [0.25, 0.3) is 5.91 Å². The molecule has 0 spiro atoms. The van der Waals surface area contributed by atoms with Crippen molar-refractivity contribution >= 4 is 27.9 Å². The van der Waals surface area contributed by atoms with E-state index in [9.17, 15) is 14.7 Å². The van der Waals surface area contributed by atoms with Crippen molar-refractivity contribution in [2.75, 3.05) is 6.54 Å². The van der Waals surface area contributed by atoms with E-state index in [0.717, 1.165) is 9.37 Å². The molecule has 3 amide bonds. The van der Waals surface area contributed by atoms with E-state index < -0.39 is 17.7 Å². The fourth-order valence-corrected chi connectivity index (χ4v) is 2.21. The number of β-amino-alcohol motifs (C(OH)–C–C–N with tert-alkyl or cyclic N) is 1. The quantitative estimate of drug-likeness (QED) is 0.832. The number of rotatable bonds is 3. The largest absolute Gasteiger partial charge is 0.387 e. The van der Waals surface area contributed by atoms with E-state index in [1.165, 1.54) is 0 Å². The second-order valence-electron chi connectivity index (χ2n) is 5.04. The molecule has 0 radical (unpaired) electrons. The monoisotopic (exact) mass is 326 g/mol. The van der Waals surface area contributed by atoms with Crippen LogP contribution in [0.1, 0.15) is 25.5 Å². The van der Waals surface area contributed by atoms with Gasteiger partial charge in [-0.2, -0.15) is 0 Å². The van der Waals surface area contributed by atoms with E-state index in [4.69, 9.17) is 0 Å². The molecular formula is C13H15BrN2O3. The highest BCUT2D eigenvalue weighted by atomic mass is 79.9. The second-order valence-corrected chi connectivity index (χ2v) is 5.95. The maximum Gasteiger partial charge on any atom is 0.325 e. The molecular weight excluding hydrogens is 312 g/mol. The van der Waals surface area contributed by atoms with Crippen LogP contribution in [0, 0.1) is 0 Å². The number of urea groups is 1. The molecule has 1 saturated heterocycles. The molecule has 1 heterocycles. The van der Waals surface area contributed by atoms with Crippen molar-refractivity contribution in [1.29, 1.82) is 0 Å². The average Bonchev–Trinajstić information content (AvgIpc) is 2.52. The van der Waals surface area contributed by atoms with Gasteiger partial charge in [0.2, 0.25) is 0 Å². The zero-order valence-corrected chi connectivity index (χ0v) is 12.3. The summed E-state index contributed by atoms with van der Waals surface area (Å²) in [5, 5.41) is 12.7. The summed E-state index contributed by atoms with van der Waals surface area (Å²) in [4.78, 5) is 24.7. The zero-order valence-electron chi connectivity index (χ0n) is 10.7. The minimum absolute atomic E-state index is 0.0459. The maximum absolute atomic E-state index is 12.0. The summed E-state index contributed by atoms with van der Waals surface area (Å²) in [6.07, 6.45) is -0.892. The predicted octanol–water partition coefficient (Wildman–Crippen LogP) is 1.81. The molecule has 19 heavy (non-hydrogen) atoms. The van der Waals surface area contributed by atoms with Gasteiger partial charge >= 0.3 is 6.03 Å². The van der Waals surface area contributed by atoms with Crippen molar-refractivity contribution in [1.82, 2.24) is 10.2 Å². The first-order chi connectivity index (χ1) is 8.81. The number of nitrogens with zero attached hydrogens (tertiary/aromatic N) is 1. The smallest absolute Gasteiger partial charge is 0.325 e. The molecule has 1 aromatic carbocycles. The summed E-state index contributed by atoms with van der Waals surface area (Å²) in [7, 11) is 0. The number of carbonyl (C=O) groups is 2. The lowest BCUT2D eigenvalue weighted by Crippen LogP contribution is -2.40. The van der Waals surface area contributed by atoms with Crippen LogP contribution >= 0.6 is 15.9 Å². The number of aliphatic hydroxyl groups excluding tert-OH is 1. The first-order valence-electron chi connectivity index (χ1n) is 5.89. The van der Waals surface area contributed by atoms with Gasteiger partial charge < -0.3 is 10.4 Å². The van der Waals surface area contributed by atoms with E-state index in [-0.39, 0.29) is 12.5 Å². The van der Waals surface area contributed by atoms with Crippen LogP contribution in [0.4, 0.5) is 4.79 Å². The lowest BCUT2D eigenvalue weighted by molar-refractivity contribution is -0.131. The van der Waals surface area contributed by atoms with Crippen molar-refractivity contribution in [2.45, 2.75) is 25.5 Å². The van der Waals surface area contributed by atoms with Crippen molar-refractivity contribution in [3.05, 3.63) is 34.3 Å². The Hall–Kier alpha value is -1.40. The number of amides is 3. The molecule has 2 N–H and O–H groups in total. The van der Waals surface area contributed by atoms with E-state index in [2.05, 4.69) is 21.2 Å². The molecule has 1 fully saturated rings. The Morgan fingerprint density at radius 2 is 1.89 bits per heavy atom. The number of imide groups is 1. The van der Waals surface area contributed by atoms with Crippen molar-refractivity contribution in [3.63, 3.8) is 0 Å². The molecule has 0 saturated carbocycles. The number of aliphatic hydroxyl groups is 1. The third-order valence-electron chi connectivity index (χ3n) is 3.05. The van der Waals surface area contributed by atoms with Gasteiger partial charge in [0.05, 0.1) is 12.6 Å². The van der Waals surface area contributed by atoms with Crippen LogP contribution in [0.15, 0.2) is 28.7 Å². The van der Waals surface area contributed by atoms with Gasteiger partial charge in [-0.05, 0) is 31.5 Å². The van der Waals surface area contributed by atoms with Crippen LogP contribution in [-0.2, 0) is 4.79 Å².